The van der Waals surface area contributed by atoms with Crippen molar-refractivity contribution in [2.24, 2.45) is 23.5 Å². The minimum Gasteiger partial charge on any atom is -0.508 e. The van der Waals surface area contributed by atoms with Crippen LogP contribution >= 0.6 is 0 Å². The first-order valence-electron chi connectivity index (χ1n) is 23.0. The topological polar surface area (TPSA) is 293 Å². The van der Waals surface area contributed by atoms with E-state index in [1.807, 2.05) is 19.9 Å². The Balaban J connectivity index is 2.08. The molecule has 8 amide bonds. The van der Waals surface area contributed by atoms with E-state index in [9.17, 15) is 48.3 Å². The van der Waals surface area contributed by atoms with Gasteiger partial charge < -0.3 is 52.8 Å². The molecule has 0 aromatic heterocycles. The third kappa shape index (κ3) is 19.5. The fourth-order valence-corrected chi connectivity index (χ4v) is 7.29. The molecule has 0 aliphatic carbocycles. The van der Waals surface area contributed by atoms with E-state index >= 15 is 0 Å². The minimum atomic E-state index is -1.68. The fraction of sp³-hybridized carbons (Fsp3) is 0.562. The SMILES string of the molecule is CC(C)CC(=O)N[C@@H](CCC(N)=O)C(=O)N[C@@H]1C(=O)N[C@@H](CC(C)C)C(=O)NCCCCC(=O)N[C@@H](Cc2ccccc2)C(=O)N[C@@H](Cc2ccc(O)cc2)C(=O)N[C@@H](C(C)C)C(=O)O[C@@H]1C. The number of amides is 8. The van der Waals surface area contributed by atoms with E-state index in [2.05, 4.69) is 37.2 Å². The van der Waals surface area contributed by atoms with Crippen LogP contribution in [0.3, 0.4) is 0 Å². The van der Waals surface area contributed by atoms with Gasteiger partial charge in [0.05, 0.1) is 0 Å². The first-order chi connectivity index (χ1) is 31.6. The zero-order valence-corrected chi connectivity index (χ0v) is 39.6. The van der Waals surface area contributed by atoms with Crippen molar-refractivity contribution in [2.45, 2.75) is 149 Å². The average Bonchev–Trinajstić information content (AvgIpc) is 3.24. The zero-order valence-electron chi connectivity index (χ0n) is 39.6. The summed E-state index contributed by atoms with van der Waals surface area (Å²) in [5.74, 6) is -7.39. The van der Waals surface area contributed by atoms with E-state index in [0.29, 0.717) is 18.4 Å². The van der Waals surface area contributed by atoms with E-state index in [-0.39, 0.29) is 69.1 Å². The zero-order chi connectivity index (χ0) is 49.8. The number of rotatable bonds is 15. The molecule has 67 heavy (non-hydrogen) atoms. The Kier molecular flexibility index (Phi) is 22.2. The lowest BCUT2D eigenvalue weighted by atomic mass is 10.00. The number of cyclic esters (lactones) is 1. The summed E-state index contributed by atoms with van der Waals surface area (Å²) in [7, 11) is 0. The highest BCUT2D eigenvalue weighted by molar-refractivity contribution is 5.96. The van der Waals surface area contributed by atoms with Crippen LogP contribution in [-0.4, -0.2) is 107 Å². The maximum atomic E-state index is 14.3. The average molecular weight is 935 g/mol. The van der Waals surface area contributed by atoms with E-state index in [0.717, 1.165) is 5.56 Å². The molecule has 368 valence electrons. The van der Waals surface area contributed by atoms with Crippen molar-refractivity contribution in [1.29, 1.82) is 0 Å². The van der Waals surface area contributed by atoms with Gasteiger partial charge in [0.1, 0.15) is 48.1 Å². The third-order valence-electron chi connectivity index (χ3n) is 10.9. The van der Waals surface area contributed by atoms with E-state index < -0.39 is 101 Å². The number of hydrogen-bond acceptors (Lipinski definition) is 11. The number of esters is 1. The number of aromatic hydroxyl groups is 1. The highest BCUT2D eigenvalue weighted by Gasteiger charge is 2.38. The molecule has 1 aliphatic heterocycles. The highest BCUT2D eigenvalue weighted by atomic mass is 16.5. The number of phenols is 1. The van der Waals surface area contributed by atoms with Crippen LogP contribution in [0.4, 0.5) is 0 Å². The smallest absolute Gasteiger partial charge is 0.329 e. The molecule has 1 heterocycles. The van der Waals surface area contributed by atoms with Gasteiger partial charge in [0.15, 0.2) is 0 Å². The van der Waals surface area contributed by atoms with Gasteiger partial charge in [0.25, 0.3) is 0 Å². The number of hydrogen-bond donors (Lipinski definition) is 9. The number of benzene rings is 2. The van der Waals surface area contributed by atoms with Gasteiger partial charge in [-0.1, -0.05) is 84.0 Å². The predicted octanol–water partition coefficient (Wildman–Crippen LogP) is 1.33. The number of nitrogens with one attached hydrogen (secondary N) is 7. The number of phenolic OH excluding ortho intramolecular Hbond substituents is 1. The van der Waals surface area contributed by atoms with Crippen molar-refractivity contribution in [3.8, 4) is 5.75 Å². The van der Waals surface area contributed by atoms with Crippen LogP contribution in [0.1, 0.15) is 105 Å². The molecule has 0 bridgehead atoms. The molecule has 19 nitrogen and oxygen atoms in total. The van der Waals surface area contributed by atoms with Crippen LogP contribution in [0.15, 0.2) is 54.6 Å². The number of primary amides is 1. The third-order valence-corrected chi connectivity index (χ3v) is 10.9. The molecule has 0 unspecified atom stereocenters. The molecule has 7 atom stereocenters. The van der Waals surface area contributed by atoms with Crippen molar-refractivity contribution in [3.63, 3.8) is 0 Å². The summed E-state index contributed by atoms with van der Waals surface area (Å²) in [4.78, 5) is 123. The second kappa shape index (κ2) is 27.2. The number of carbonyl (C=O) groups excluding carboxylic acids is 9. The molecule has 1 aliphatic rings. The van der Waals surface area contributed by atoms with E-state index in [4.69, 9.17) is 10.5 Å². The molecule has 0 saturated carbocycles. The van der Waals surface area contributed by atoms with Crippen molar-refractivity contribution < 1.29 is 53.0 Å². The van der Waals surface area contributed by atoms with Crippen molar-refractivity contribution >= 4 is 53.2 Å². The van der Waals surface area contributed by atoms with Crippen LogP contribution < -0.4 is 43.0 Å². The van der Waals surface area contributed by atoms with Crippen LogP contribution in [0.5, 0.6) is 5.75 Å². The summed E-state index contributed by atoms with van der Waals surface area (Å²) in [5.41, 5.74) is 6.66. The molecule has 0 radical (unpaired) electrons. The largest absolute Gasteiger partial charge is 0.508 e. The molecule has 0 spiro atoms. The van der Waals surface area contributed by atoms with Gasteiger partial charge in [-0.2, -0.15) is 0 Å². The summed E-state index contributed by atoms with van der Waals surface area (Å²) >= 11 is 0. The Morgan fingerprint density at radius 3 is 1.94 bits per heavy atom. The highest BCUT2D eigenvalue weighted by Crippen LogP contribution is 2.16. The summed E-state index contributed by atoms with van der Waals surface area (Å²) < 4.78 is 5.85. The standard InChI is InChI=1S/C48H70N8O11/c1-27(2)23-35-43(61)50-22-12-11-15-39(59)52-36(25-31-13-9-8-10-14-31)45(63)53-37(26-32-16-18-33(57)19-17-32)46(64)55-41(29(5)6)48(66)67-30(7)42(47(65)54-35)56-44(62)34(20-21-38(49)58)51-40(60)24-28(3)4/h8-10,13-14,16-19,27-30,34-37,41-42,57H,11-12,15,20-26H2,1-7H3,(H2,49,58)(H,50,61)(H,51,60)(H,52,59)(H,53,63)(H,54,65)(H,55,64)(H,56,62)/t30-,34+,35+,36+,37+,41+,42+/m1/s1. The first-order valence-corrected chi connectivity index (χ1v) is 23.0. The Morgan fingerprint density at radius 1 is 0.746 bits per heavy atom. The van der Waals surface area contributed by atoms with Gasteiger partial charge >= 0.3 is 5.97 Å². The Morgan fingerprint density at radius 2 is 1.34 bits per heavy atom. The Labute approximate surface area is 392 Å². The first kappa shape index (κ1) is 54.8. The fourth-order valence-electron chi connectivity index (χ4n) is 7.29. The summed E-state index contributed by atoms with van der Waals surface area (Å²) in [6.45, 7) is 12.0. The molecular weight excluding hydrogens is 865 g/mol. The van der Waals surface area contributed by atoms with Gasteiger partial charge in [0, 0.05) is 38.6 Å². The van der Waals surface area contributed by atoms with Crippen molar-refractivity contribution in [2.75, 3.05) is 6.54 Å². The molecule has 2 aromatic rings. The van der Waals surface area contributed by atoms with E-state index in [1.54, 1.807) is 64.1 Å². The van der Waals surface area contributed by atoms with Crippen molar-refractivity contribution in [3.05, 3.63) is 65.7 Å². The normalized spacial score (nSPS) is 22.4. The lowest BCUT2D eigenvalue weighted by Crippen LogP contribution is -2.61. The molecule has 3 rings (SSSR count). The summed E-state index contributed by atoms with van der Waals surface area (Å²) in [6, 6.07) is 6.97. The van der Waals surface area contributed by atoms with Gasteiger partial charge in [-0.15, -0.1) is 0 Å². The Hall–Kier alpha value is -6.53. The quantitative estimate of drug-likeness (QED) is 0.115. The van der Waals surface area contributed by atoms with Gasteiger partial charge in [-0.25, -0.2) is 4.79 Å². The van der Waals surface area contributed by atoms with E-state index in [1.165, 1.54) is 19.1 Å². The maximum Gasteiger partial charge on any atom is 0.329 e. The van der Waals surface area contributed by atoms with Gasteiger partial charge in [0.2, 0.25) is 47.3 Å². The summed E-state index contributed by atoms with van der Waals surface area (Å²) in [6.07, 6.45) is -1.11. The second-order valence-corrected chi connectivity index (χ2v) is 18.3. The second-order valence-electron chi connectivity index (χ2n) is 18.3. The van der Waals surface area contributed by atoms with Crippen LogP contribution in [0, 0.1) is 17.8 Å². The van der Waals surface area contributed by atoms with Crippen molar-refractivity contribution in [1.82, 2.24) is 37.2 Å². The summed E-state index contributed by atoms with van der Waals surface area (Å²) in [5, 5.41) is 28.8. The molecule has 19 heteroatoms. The predicted molar refractivity (Wildman–Crippen MR) is 248 cm³/mol. The van der Waals surface area contributed by atoms with Gasteiger partial charge in [-0.05, 0) is 73.6 Å². The lowest BCUT2D eigenvalue weighted by molar-refractivity contribution is -0.157. The van der Waals surface area contributed by atoms with Crippen LogP contribution in [-0.2, 0) is 60.7 Å². The molecule has 1 saturated heterocycles. The molecule has 1 fully saturated rings. The number of carbonyl (C=O) groups is 9. The minimum absolute atomic E-state index is 0.00612. The number of nitrogens with two attached hydrogens (primary N) is 1. The monoisotopic (exact) mass is 935 g/mol. The molecule has 2 aromatic carbocycles. The molecule has 10 N–H and O–H groups in total. The molecular formula is C48H70N8O11. The number of ether oxygens (including phenoxy) is 1. The lowest BCUT2D eigenvalue weighted by Gasteiger charge is -2.31. The van der Waals surface area contributed by atoms with Gasteiger partial charge in [-0.3, -0.25) is 38.4 Å². The van der Waals surface area contributed by atoms with Crippen LogP contribution in [0.25, 0.3) is 0 Å². The Bertz CT molecular complexity index is 2010. The maximum absolute atomic E-state index is 14.3. The van der Waals surface area contributed by atoms with Crippen LogP contribution in [0.2, 0.25) is 0 Å².